The molecule has 86 valence electrons. The van der Waals surface area contributed by atoms with Crippen LogP contribution < -0.4 is 5.73 Å². The maximum absolute atomic E-state index is 6.01. The molecule has 0 saturated carbocycles. The summed E-state index contributed by atoms with van der Waals surface area (Å²) in [6.07, 6.45) is 3.67. The molecular formula is C10H11BrClN3S. The van der Waals surface area contributed by atoms with Crippen molar-refractivity contribution < 1.29 is 0 Å². The fourth-order valence-electron chi connectivity index (χ4n) is 1.58. The van der Waals surface area contributed by atoms with E-state index in [0.717, 1.165) is 13.7 Å². The van der Waals surface area contributed by atoms with Gasteiger partial charge in [-0.3, -0.25) is 4.68 Å². The molecule has 0 aliphatic rings. The minimum Gasteiger partial charge on any atom is -0.326 e. The van der Waals surface area contributed by atoms with Crippen LogP contribution in [0, 0.1) is 0 Å². The number of halogens is 2. The maximum Gasteiger partial charge on any atom is 0.101 e. The molecule has 0 aliphatic carbocycles. The summed E-state index contributed by atoms with van der Waals surface area (Å²) in [5.74, 6) is 0. The molecule has 2 heterocycles. The lowest BCUT2D eigenvalue weighted by Gasteiger charge is -2.19. The molecule has 0 aliphatic heterocycles. The van der Waals surface area contributed by atoms with Gasteiger partial charge in [0.25, 0.3) is 0 Å². The first-order valence-electron chi connectivity index (χ1n) is 4.78. The van der Waals surface area contributed by atoms with Crippen LogP contribution in [0.4, 0.5) is 0 Å². The van der Waals surface area contributed by atoms with Crippen molar-refractivity contribution in [2.45, 2.75) is 19.0 Å². The van der Waals surface area contributed by atoms with Crippen LogP contribution in [0.1, 0.15) is 17.8 Å². The van der Waals surface area contributed by atoms with Gasteiger partial charge in [-0.15, -0.1) is 11.3 Å². The molecule has 0 aromatic carbocycles. The summed E-state index contributed by atoms with van der Waals surface area (Å²) >= 11 is 10.9. The highest BCUT2D eigenvalue weighted by atomic mass is 79.9. The smallest absolute Gasteiger partial charge is 0.101 e. The summed E-state index contributed by atoms with van der Waals surface area (Å²) in [6.45, 7) is 1.97. The SMILES string of the molecule is CC(N)C(c1ccc(Cl)s1)n1cc(Br)cn1. The van der Waals surface area contributed by atoms with Crippen molar-refractivity contribution in [3.05, 3.63) is 38.2 Å². The van der Waals surface area contributed by atoms with Crippen LogP contribution in [-0.4, -0.2) is 15.8 Å². The first-order chi connectivity index (χ1) is 7.58. The first-order valence-corrected chi connectivity index (χ1v) is 6.77. The molecule has 2 atom stereocenters. The largest absolute Gasteiger partial charge is 0.326 e. The van der Waals surface area contributed by atoms with E-state index in [2.05, 4.69) is 21.0 Å². The van der Waals surface area contributed by atoms with Gasteiger partial charge >= 0.3 is 0 Å². The fourth-order valence-corrected chi connectivity index (χ4v) is 3.16. The fraction of sp³-hybridized carbons (Fsp3) is 0.300. The summed E-state index contributed by atoms with van der Waals surface area (Å²) in [7, 11) is 0. The van der Waals surface area contributed by atoms with Crippen molar-refractivity contribution in [2.75, 3.05) is 0 Å². The molecule has 2 aromatic rings. The van der Waals surface area contributed by atoms with Crippen molar-refractivity contribution in [3.8, 4) is 0 Å². The van der Waals surface area contributed by atoms with E-state index in [-0.39, 0.29) is 12.1 Å². The van der Waals surface area contributed by atoms with Gasteiger partial charge in [0, 0.05) is 17.1 Å². The van der Waals surface area contributed by atoms with Gasteiger partial charge in [-0.2, -0.15) is 5.10 Å². The molecule has 2 N–H and O–H groups in total. The monoisotopic (exact) mass is 319 g/mol. The van der Waals surface area contributed by atoms with Crippen molar-refractivity contribution in [3.63, 3.8) is 0 Å². The molecule has 6 heteroatoms. The van der Waals surface area contributed by atoms with Gasteiger partial charge in [-0.1, -0.05) is 11.6 Å². The Morgan fingerprint density at radius 2 is 2.31 bits per heavy atom. The Bertz CT molecular complexity index is 440. The number of nitrogens with two attached hydrogens (primary N) is 1. The molecule has 3 nitrogen and oxygen atoms in total. The second kappa shape index (κ2) is 4.87. The molecule has 0 amide bonds. The van der Waals surface area contributed by atoms with Gasteiger partial charge in [0.1, 0.15) is 6.04 Å². The van der Waals surface area contributed by atoms with Crippen molar-refractivity contribution >= 4 is 38.9 Å². The lowest BCUT2D eigenvalue weighted by Crippen LogP contribution is -2.29. The second-order valence-corrected chi connectivity index (χ2v) is 6.25. The zero-order chi connectivity index (χ0) is 11.7. The van der Waals surface area contributed by atoms with Gasteiger partial charge in [0.15, 0.2) is 0 Å². The third kappa shape index (κ3) is 2.48. The zero-order valence-corrected chi connectivity index (χ0v) is 11.8. The van der Waals surface area contributed by atoms with Gasteiger partial charge in [0.2, 0.25) is 0 Å². The topological polar surface area (TPSA) is 43.8 Å². The van der Waals surface area contributed by atoms with Crippen LogP contribution in [0.2, 0.25) is 4.34 Å². The highest BCUT2D eigenvalue weighted by Crippen LogP contribution is 2.31. The van der Waals surface area contributed by atoms with E-state index in [1.165, 1.54) is 11.3 Å². The Morgan fingerprint density at radius 3 is 2.75 bits per heavy atom. The van der Waals surface area contributed by atoms with Crippen molar-refractivity contribution in [2.24, 2.45) is 5.73 Å². The van der Waals surface area contributed by atoms with Crippen LogP contribution >= 0.6 is 38.9 Å². The second-order valence-electron chi connectivity index (χ2n) is 3.58. The van der Waals surface area contributed by atoms with E-state index < -0.39 is 0 Å². The van der Waals surface area contributed by atoms with Crippen molar-refractivity contribution in [1.82, 2.24) is 9.78 Å². The van der Waals surface area contributed by atoms with Crippen LogP contribution in [0.3, 0.4) is 0 Å². The average molecular weight is 321 g/mol. The number of nitrogens with zero attached hydrogens (tertiary/aromatic N) is 2. The molecule has 0 radical (unpaired) electrons. The number of thiophene rings is 1. The van der Waals surface area contributed by atoms with E-state index in [4.69, 9.17) is 17.3 Å². The molecule has 2 aromatic heterocycles. The molecule has 0 bridgehead atoms. The lowest BCUT2D eigenvalue weighted by molar-refractivity contribution is 0.460. The average Bonchev–Trinajstić information content (AvgIpc) is 2.76. The van der Waals surface area contributed by atoms with Crippen LogP contribution in [-0.2, 0) is 0 Å². The first kappa shape index (κ1) is 12.1. The number of aromatic nitrogens is 2. The quantitative estimate of drug-likeness (QED) is 0.943. The molecule has 0 spiro atoms. The standard InChI is InChI=1S/C10H11BrClN3S/c1-6(13)10(8-2-3-9(12)16-8)15-5-7(11)4-14-15/h2-6,10H,13H2,1H3. The Kier molecular flexibility index (Phi) is 3.69. The summed E-state index contributed by atoms with van der Waals surface area (Å²) in [6, 6.07) is 3.89. The number of hydrogen-bond donors (Lipinski definition) is 1. The summed E-state index contributed by atoms with van der Waals surface area (Å²) in [4.78, 5) is 1.12. The molecule has 0 saturated heterocycles. The molecule has 2 rings (SSSR count). The van der Waals surface area contributed by atoms with Crippen LogP contribution in [0.25, 0.3) is 0 Å². The predicted molar refractivity (Wildman–Crippen MR) is 71.0 cm³/mol. The van der Waals surface area contributed by atoms with Crippen molar-refractivity contribution in [1.29, 1.82) is 0 Å². The molecular weight excluding hydrogens is 310 g/mol. The minimum atomic E-state index is -0.0264. The normalized spacial score (nSPS) is 15.0. The Balaban J connectivity index is 2.38. The van der Waals surface area contributed by atoms with E-state index >= 15 is 0 Å². The van der Waals surface area contributed by atoms with Gasteiger partial charge in [-0.25, -0.2) is 0 Å². The summed E-state index contributed by atoms with van der Waals surface area (Å²) < 4.78 is 3.57. The van der Waals surface area contributed by atoms with E-state index in [9.17, 15) is 0 Å². The van der Waals surface area contributed by atoms with Crippen LogP contribution in [0.5, 0.6) is 0 Å². The molecule has 2 unspecified atom stereocenters. The zero-order valence-electron chi connectivity index (χ0n) is 8.60. The highest BCUT2D eigenvalue weighted by Gasteiger charge is 2.20. The van der Waals surface area contributed by atoms with E-state index in [0.29, 0.717) is 0 Å². The Hall–Kier alpha value is -0.360. The summed E-state index contributed by atoms with van der Waals surface area (Å²) in [5.41, 5.74) is 6.01. The van der Waals surface area contributed by atoms with Gasteiger partial charge in [0.05, 0.1) is 15.0 Å². The molecule has 0 fully saturated rings. The van der Waals surface area contributed by atoms with Gasteiger partial charge in [-0.05, 0) is 35.0 Å². The van der Waals surface area contributed by atoms with Crippen LogP contribution in [0.15, 0.2) is 29.0 Å². The third-order valence-corrected chi connectivity index (χ3v) is 3.95. The third-order valence-electron chi connectivity index (χ3n) is 2.24. The number of hydrogen-bond acceptors (Lipinski definition) is 3. The summed E-state index contributed by atoms with van der Waals surface area (Å²) in [5, 5.41) is 4.28. The maximum atomic E-state index is 6.01. The molecule has 16 heavy (non-hydrogen) atoms. The minimum absolute atomic E-state index is 0.0264. The lowest BCUT2D eigenvalue weighted by atomic mass is 10.1. The van der Waals surface area contributed by atoms with Gasteiger partial charge < -0.3 is 5.73 Å². The van der Waals surface area contributed by atoms with E-state index in [1.807, 2.05) is 29.9 Å². The predicted octanol–water partition coefficient (Wildman–Crippen LogP) is 3.30. The Morgan fingerprint density at radius 1 is 1.56 bits per heavy atom. The van der Waals surface area contributed by atoms with E-state index in [1.54, 1.807) is 6.20 Å². The Labute approximate surface area is 111 Å². The highest BCUT2D eigenvalue weighted by molar-refractivity contribution is 9.10. The number of rotatable bonds is 3.